The molecule has 0 radical (unpaired) electrons. The molecule has 1 aliphatic rings. The monoisotopic (exact) mass is 304 g/mol. The minimum absolute atomic E-state index is 0.00449. The van der Waals surface area contributed by atoms with Crippen LogP contribution >= 0.6 is 22.6 Å². The second-order valence-corrected chi connectivity index (χ2v) is 5.22. The molecule has 2 atom stereocenters. The van der Waals surface area contributed by atoms with Gasteiger partial charge in [0.25, 0.3) is 5.56 Å². The van der Waals surface area contributed by atoms with Gasteiger partial charge in [0.15, 0.2) is 0 Å². The van der Waals surface area contributed by atoms with Crippen LogP contribution in [-0.4, -0.2) is 9.97 Å². The van der Waals surface area contributed by atoms with Gasteiger partial charge in [-0.1, -0.05) is 6.92 Å². The molecule has 2 rings (SSSR count). The molecule has 14 heavy (non-hydrogen) atoms. The van der Waals surface area contributed by atoms with Crippen LogP contribution in [0, 0.1) is 9.49 Å². The smallest absolute Gasteiger partial charge is 0.264 e. The highest BCUT2D eigenvalue weighted by molar-refractivity contribution is 14.1. The van der Waals surface area contributed by atoms with Crippen molar-refractivity contribution in [3.63, 3.8) is 0 Å². The number of nitrogens with zero attached hydrogens (tertiary/aromatic N) is 1. The molecule has 0 aliphatic heterocycles. The third-order valence-corrected chi connectivity index (χ3v) is 3.63. The predicted molar refractivity (Wildman–Crippen MR) is 63.3 cm³/mol. The number of H-pyrrole nitrogens is 1. The van der Waals surface area contributed by atoms with Gasteiger partial charge in [-0.3, -0.25) is 4.79 Å². The Morgan fingerprint density at radius 2 is 2.36 bits per heavy atom. The molecular formula is C10H13IN2O. The molecule has 2 unspecified atom stereocenters. The molecule has 1 aliphatic carbocycles. The summed E-state index contributed by atoms with van der Waals surface area (Å²) >= 11 is 2.00. The van der Waals surface area contributed by atoms with E-state index >= 15 is 0 Å². The van der Waals surface area contributed by atoms with Crippen molar-refractivity contribution in [1.29, 1.82) is 0 Å². The lowest BCUT2D eigenvalue weighted by Gasteiger charge is -2.07. The lowest BCUT2D eigenvalue weighted by Crippen LogP contribution is -2.15. The molecule has 0 amide bonds. The Balaban J connectivity index is 2.25. The van der Waals surface area contributed by atoms with Crippen LogP contribution in [0.2, 0.25) is 0 Å². The van der Waals surface area contributed by atoms with Gasteiger partial charge in [-0.25, -0.2) is 4.98 Å². The van der Waals surface area contributed by atoms with E-state index in [2.05, 4.69) is 16.9 Å². The Morgan fingerprint density at radius 3 is 2.93 bits per heavy atom. The van der Waals surface area contributed by atoms with E-state index < -0.39 is 0 Å². The SMILES string of the molecule is CC1CCC(c2ncc(I)c(=O)[nH]2)C1. The summed E-state index contributed by atoms with van der Waals surface area (Å²) in [6.45, 7) is 2.25. The summed E-state index contributed by atoms with van der Waals surface area (Å²) in [7, 11) is 0. The zero-order chi connectivity index (χ0) is 10.1. The Labute approximate surface area is 96.5 Å². The van der Waals surface area contributed by atoms with Crippen molar-refractivity contribution in [2.75, 3.05) is 0 Å². The summed E-state index contributed by atoms with van der Waals surface area (Å²) < 4.78 is 0.664. The highest BCUT2D eigenvalue weighted by Crippen LogP contribution is 2.35. The first-order valence-corrected chi connectivity index (χ1v) is 5.99. The summed E-state index contributed by atoms with van der Waals surface area (Å²) in [5.41, 5.74) is -0.00449. The molecule has 0 bridgehead atoms. The standard InChI is InChI=1S/C10H13IN2O/c1-6-2-3-7(4-6)9-12-5-8(11)10(14)13-9/h5-7H,2-4H2,1H3,(H,12,13,14). The fraction of sp³-hybridized carbons (Fsp3) is 0.600. The number of aromatic nitrogens is 2. The summed E-state index contributed by atoms with van der Waals surface area (Å²) in [5, 5.41) is 0. The van der Waals surface area contributed by atoms with E-state index in [1.165, 1.54) is 6.42 Å². The molecule has 1 saturated carbocycles. The largest absolute Gasteiger partial charge is 0.309 e. The molecule has 0 saturated heterocycles. The highest BCUT2D eigenvalue weighted by atomic mass is 127. The third kappa shape index (κ3) is 1.99. The average molecular weight is 304 g/mol. The van der Waals surface area contributed by atoms with Crippen molar-refractivity contribution in [1.82, 2.24) is 9.97 Å². The molecule has 4 heteroatoms. The first kappa shape index (κ1) is 10.1. The van der Waals surface area contributed by atoms with Crippen molar-refractivity contribution >= 4 is 22.6 Å². The minimum atomic E-state index is -0.00449. The van der Waals surface area contributed by atoms with Gasteiger partial charge in [-0.2, -0.15) is 0 Å². The normalized spacial score (nSPS) is 26.7. The zero-order valence-corrected chi connectivity index (χ0v) is 10.2. The molecular weight excluding hydrogens is 291 g/mol. The number of rotatable bonds is 1. The molecule has 1 aromatic rings. The van der Waals surface area contributed by atoms with Crippen molar-refractivity contribution in [3.8, 4) is 0 Å². The van der Waals surface area contributed by atoms with Crippen molar-refractivity contribution < 1.29 is 0 Å². The molecule has 0 spiro atoms. The number of hydrogen-bond acceptors (Lipinski definition) is 2. The van der Waals surface area contributed by atoms with Crippen LogP contribution in [0.3, 0.4) is 0 Å². The van der Waals surface area contributed by atoms with Gasteiger partial charge >= 0.3 is 0 Å². The van der Waals surface area contributed by atoms with Crippen LogP contribution < -0.4 is 5.56 Å². The van der Waals surface area contributed by atoms with Crippen LogP contribution in [0.1, 0.15) is 37.9 Å². The Bertz CT molecular complexity index is 388. The molecule has 1 N–H and O–H groups in total. The van der Waals surface area contributed by atoms with E-state index in [9.17, 15) is 4.79 Å². The summed E-state index contributed by atoms with van der Waals surface area (Å²) in [4.78, 5) is 18.5. The fourth-order valence-corrected chi connectivity index (χ4v) is 2.33. The van der Waals surface area contributed by atoms with Crippen LogP contribution in [-0.2, 0) is 0 Å². The first-order valence-electron chi connectivity index (χ1n) is 4.91. The topological polar surface area (TPSA) is 45.8 Å². The van der Waals surface area contributed by atoms with E-state index in [0.29, 0.717) is 9.49 Å². The highest BCUT2D eigenvalue weighted by Gasteiger charge is 2.24. The Kier molecular flexibility index (Phi) is 2.90. The van der Waals surface area contributed by atoms with Crippen LogP contribution in [0.4, 0.5) is 0 Å². The van der Waals surface area contributed by atoms with E-state index in [1.54, 1.807) is 6.20 Å². The lowest BCUT2D eigenvalue weighted by molar-refractivity contribution is 0.584. The van der Waals surface area contributed by atoms with Gasteiger partial charge in [0.2, 0.25) is 0 Å². The van der Waals surface area contributed by atoms with Gasteiger partial charge in [0.1, 0.15) is 5.82 Å². The van der Waals surface area contributed by atoms with Gasteiger partial charge in [-0.15, -0.1) is 0 Å². The Morgan fingerprint density at radius 1 is 1.57 bits per heavy atom. The quantitative estimate of drug-likeness (QED) is 0.809. The van der Waals surface area contributed by atoms with E-state index in [0.717, 1.165) is 24.6 Å². The Hall–Kier alpha value is -0.390. The molecule has 1 aromatic heterocycles. The van der Waals surface area contributed by atoms with Gasteiger partial charge < -0.3 is 4.98 Å². The van der Waals surface area contributed by atoms with E-state index in [4.69, 9.17) is 0 Å². The second kappa shape index (κ2) is 4.00. The zero-order valence-electron chi connectivity index (χ0n) is 8.09. The molecule has 1 fully saturated rings. The average Bonchev–Trinajstić information content (AvgIpc) is 2.57. The van der Waals surface area contributed by atoms with Crippen LogP contribution in [0.15, 0.2) is 11.0 Å². The molecule has 0 aromatic carbocycles. The van der Waals surface area contributed by atoms with Crippen LogP contribution in [0.5, 0.6) is 0 Å². The van der Waals surface area contributed by atoms with E-state index in [1.807, 2.05) is 22.6 Å². The van der Waals surface area contributed by atoms with Gasteiger partial charge in [0, 0.05) is 12.1 Å². The number of nitrogens with one attached hydrogen (secondary N) is 1. The van der Waals surface area contributed by atoms with Gasteiger partial charge in [0.05, 0.1) is 3.57 Å². The summed E-state index contributed by atoms with van der Waals surface area (Å²) in [6.07, 6.45) is 5.23. The predicted octanol–water partition coefficient (Wildman–Crippen LogP) is 2.28. The van der Waals surface area contributed by atoms with E-state index in [-0.39, 0.29) is 5.56 Å². The maximum atomic E-state index is 11.4. The maximum absolute atomic E-state index is 11.4. The van der Waals surface area contributed by atoms with Crippen molar-refractivity contribution in [2.24, 2.45) is 5.92 Å². The van der Waals surface area contributed by atoms with Crippen molar-refractivity contribution in [2.45, 2.75) is 32.1 Å². The molecule has 3 nitrogen and oxygen atoms in total. The number of hydrogen-bond donors (Lipinski definition) is 1. The molecule has 76 valence electrons. The summed E-state index contributed by atoms with van der Waals surface area (Å²) in [6, 6.07) is 0. The lowest BCUT2D eigenvalue weighted by atomic mass is 10.1. The number of aromatic amines is 1. The number of halogens is 1. The van der Waals surface area contributed by atoms with Crippen LogP contribution in [0.25, 0.3) is 0 Å². The minimum Gasteiger partial charge on any atom is -0.309 e. The fourth-order valence-electron chi connectivity index (χ4n) is 2.06. The maximum Gasteiger partial charge on any atom is 0.264 e. The van der Waals surface area contributed by atoms with Crippen molar-refractivity contribution in [3.05, 3.63) is 25.9 Å². The first-order chi connectivity index (χ1) is 6.66. The second-order valence-electron chi connectivity index (χ2n) is 4.06. The summed E-state index contributed by atoms with van der Waals surface area (Å²) in [5.74, 6) is 2.11. The molecule has 1 heterocycles. The van der Waals surface area contributed by atoms with Gasteiger partial charge in [-0.05, 0) is 47.8 Å². The third-order valence-electron chi connectivity index (χ3n) is 2.86.